The summed E-state index contributed by atoms with van der Waals surface area (Å²) >= 11 is 0. The number of oxazole rings is 1. The Morgan fingerprint density at radius 3 is 2.89 bits per heavy atom. The summed E-state index contributed by atoms with van der Waals surface area (Å²) in [6.07, 6.45) is 3.62. The van der Waals surface area contributed by atoms with E-state index in [0.29, 0.717) is 12.4 Å². The number of aromatic amines is 1. The van der Waals surface area contributed by atoms with Crippen molar-refractivity contribution in [2.45, 2.75) is 19.3 Å². The van der Waals surface area contributed by atoms with Crippen molar-refractivity contribution in [3.05, 3.63) is 42.4 Å². The molecule has 4 heteroatoms. The summed E-state index contributed by atoms with van der Waals surface area (Å²) in [6, 6.07) is 8.10. The number of hydrogen-bond acceptors (Lipinski definition) is 3. The van der Waals surface area contributed by atoms with Gasteiger partial charge in [0.15, 0.2) is 0 Å². The van der Waals surface area contributed by atoms with Crippen LogP contribution in [0.3, 0.4) is 0 Å². The first-order chi connectivity index (χ1) is 9.12. The molecule has 3 rings (SSSR count). The van der Waals surface area contributed by atoms with Gasteiger partial charge in [0.2, 0.25) is 5.89 Å². The number of nitrogens with one attached hydrogen (secondary N) is 1. The molecule has 2 aromatic heterocycles. The molecule has 0 saturated heterocycles. The van der Waals surface area contributed by atoms with Gasteiger partial charge in [-0.15, -0.1) is 0 Å². The van der Waals surface area contributed by atoms with Crippen molar-refractivity contribution in [3.8, 4) is 11.5 Å². The number of aromatic nitrogens is 2. The van der Waals surface area contributed by atoms with Gasteiger partial charge in [-0.3, -0.25) is 0 Å². The zero-order chi connectivity index (χ0) is 13.5. The summed E-state index contributed by atoms with van der Waals surface area (Å²) in [5.41, 5.74) is 8.54. The second-order valence-corrected chi connectivity index (χ2v) is 5.37. The fourth-order valence-corrected chi connectivity index (χ4v) is 2.06. The topological polar surface area (TPSA) is 67.8 Å². The molecular formula is C15H17N3O. The Balaban J connectivity index is 2.08. The predicted molar refractivity (Wildman–Crippen MR) is 75.9 cm³/mol. The molecule has 0 saturated carbocycles. The lowest BCUT2D eigenvalue weighted by Crippen LogP contribution is -2.28. The molecule has 0 amide bonds. The minimum Gasteiger partial charge on any atom is -0.444 e. The van der Waals surface area contributed by atoms with E-state index in [1.54, 1.807) is 6.26 Å². The van der Waals surface area contributed by atoms with Crippen molar-refractivity contribution in [3.63, 3.8) is 0 Å². The summed E-state index contributed by atoms with van der Waals surface area (Å²) < 4.78 is 5.62. The van der Waals surface area contributed by atoms with Crippen molar-refractivity contribution < 1.29 is 4.42 Å². The second kappa shape index (κ2) is 4.24. The third kappa shape index (κ3) is 1.94. The van der Waals surface area contributed by atoms with E-state index in [1.165, 1.54) is 0 Å². The van der Waals surface area contributed by atoms with Crippen LogP contribution in [0.15, 0.2) is 41.1 Å². The molecule has 0 fully saturated rings. The highest BCUT2D eigenvalue weighted by molar-refractivity contribution is 5.93. The van der Waals surface area contributed by atoms with Crippen LogP contribution in [-0.4, -0.2) is 16.5 Å². The highest BCUT2D eigenvalue weighted by atomic mass is 16.3. The quantitative estimate of drug-likeness (QED) is 0.755. The van der Waals surface area contributed by atoms with Crippen LogP contribution < -0.4 is 5.73 Å². The summed E-state index contributed by atoms with van der Waals surface area (Å²) in [4.78, 5) is 7.80. The average molecular weight is 255 g/mol. The molecule has 0 aliphatic heterocycles. The van der Waals surface area contributed by atoms with Gasteiger partial charge < -0.3 is 15.1 Å². The molecule has 3 N–H and O–H groups in total. The lowest BCUT2D eigenvalue weighted by atomic mass is 9.90. The van der Waals surface area contributed by atoms with E-state index in [-0.39, 0.29) is 5.41 Å². The van der Waals surface area contributed by atoms with Gasteiger partial charge in [-0.05, 0) is 6.07 Å². The molecule has 0 spiro atoms. The molecule has 0 radical (unpaired) electrons. The Kier molecular flexibility index (Phi) is 2.68. The number of nitrogens with two attached hydrogens (primary N) is 1. The predicted octanol–water partition coefficient (Wildman–Crippen LogP) is 3.06. The minimum atomic E-state index is -0.173. The maximum atomic E-state index is 5.77. The van der Waals surface area contributed by atoms with E-state index in [4.69, 9.17) is 10.2 Å². The van der Waals surface area contributed by atoms with Crippen molar-refractivity contribution in [1.82, 2.24) is 9.97 Å². The van der Waals surface area contributed by atoms with Crippen LogP contribution in [0.2, 0.25) is 0 Å². The maximum absolute atomic E-state index is 5.77. The Hall–Kier alpha value is -2.07. The normalized spacial score (nSPS) is 12.2. The first-order valence-corrected chi connectivity index (χ1v) is 6.34. The highest BCUT2D eigenvalue weighted by Crippen LogP contribution is 2.30. The Bertz CT molecular complexity index is 709. The number of hydrogen-bond donors (Lipinski definition) is 2. The van der Waals surface area contributed by atoms with E-state index in [9.17, 15) is 0 Å². The zero-order valence-electron chi connectivity index (χ0n) is 11.1. The maximum Gasteiger partial charge on any atom is 0.228 e. The molecule has 3 aromatic rings. The van der Waals surface area contributed by atoms with E-state index in [0.717, 1.165) is 22.2 Å². The highest BCUT2D eigenvalue weighted by Gasteiger charge is 2.23. The van der Waals surface area contributed by atoms with Crippen molar-refractivity contribution in [2.75, 3.05) is 6.54 Å². The fourth-order valence-electron chi connectivity index (χ4n) is 2.06. The first kappa shape index (κ1) is 12.0. The van der Waals surface area contributed by atoms with Gasteiger partial charge in [-0.25, -0.2) is 4.98 Å². The van der Waals surface area contributed by atoms with Gasteiger partial charge in [0.25, 0.3) is 0 Å². The van der Waals surface area contributed by atoms with Gasteiger partial charge in [-0.1, -0.05) is 32.0 Å². The SMILES string of the molecule is CC(C)(CN)c1coc(-c2c[nH]c3ccccc23)n1. The molecule has 1 aromatic carbocycles. The van der Waals surface area contributed by atoms with Crippen molar-refractivity contribution in [2.24, 2.45) is 5.73 Å². The molecule has 0 aliphatic rings. The van der Waals surface area contributed by atoms with Gasteiger partial charge in [0.1, 0.15) is 6.26 Å². The molecule has 0 atom stereocenters. The molecular weight excluding hydrogens is 238 g/mol. The molecule has 0 bridgehead atoms. The van der Waals surface area contributed by atoms with Crippen LogP contribution in [0, 0.1) is 0 Å². The van der Waals surface area contributed by atoms with Crippen LogP contribution in [0.1, 0.15) is 19.5 Å². The van der Waals surface area contributed by atoms with Crippen LogP contribution in [-0.2, 0) is 5.41 Å². The zero-order valence-corrected chi connectivity index (χ0v) is 11.1. The monoisotopic (exact) mass is 255 g/mol. The molecule has 98 valence electrons. The number of rotatable bonds is 3. The summed E-state index contributed by atoms with van der Waals surface area (Å²) in [7, 11) is 0. The van der Waals surface area contributed by atoms with Crippen LogP contribution in [0.5, 0.6) is 0 Å². The number of H-pyrrole nitrogens is 1. The van der Waals surface area contributed by atoms with E-state index < -0.39 is 0 Å². The van der Waals surface area contributed by atoms with Crippen LogP contribution in [0.25, 0.3) is 22.4 Å². The van der Waals surface area contributed by atoms with Gasteiger partial charge in [-0.2, -0.15) is 0 Å². The van der Waals surface area contributed by atoms with Gasteiger partial charge in [0.05, 0.1) is 11.3 Å². The largest absolute Gasteiger partial charge is 0.444 e. The van der Waals surface area contributed by atoms with E-state index in [1.807, 2.05) is 24.4 Å². The van der Waals surface area contributed by atoms with Crippen LogP contribution >= 0.6 is 0 Å². The number of para-hydroxylation sites is 1. The standard InChI is InChI=1S/C15H17N3O/c1-15(2,9-16)13-8-19-14(18-13)11-7-17-12-6-4-3-5-10(11)12/h3-8,17H,9,16H2,1-2H3. The average Bonchev–Trinajstić information content (AvgIpc) is 3.05. The van der Waals surface area contributed by atoms with Gasteiger partial charge in [0, 0.05) is 29.1 Å². The first-order valence-electron chi connectivity index (χ1n) is 6.34. The van der Waals surface area contributed by atoms with Crippen molar-refractivity contribution in [1.29, 1.82) is 0 Å². The van der Waals surface area contributed by atoms with Crippen LogP contribution in [0.4, 0.5) is 0 Å². The van der Waals surface area contributed by atoms with E-state index in [2.05, 4.69) is 29.9 Å². The summed E-state index contributed by atoms with van der Waals surface area (Å²) in [6.45, 7) is 4.65. The van der Waals surface area contributed by atoms with Crippen molar-refractivity contribution >= 4 is 10.9 Å². The third-order valence-electron chi connectivity index (χ3n) is 3.53. The molecule has 0 unspecified atom stereocenters. The number of fused-ring (bicyclic) bond motifs is 1. The van der Waals surface area contributed by atoms with E-state index >= 15 is 0 Å². The minimum absolute atomic E-state index is 0.173. The lowest BCUT2D eigenvalue weighted by Gasteiger charge is -2.18. The summed E-state index contributed by atoms with van der Waals surface area (Å²) in [5.74, 6) is 0.633. The molecule has 4 nitrogen and oxygen atoms in total. The number of benzene rings is 1. The summed E-state index contributed by atoms with van der Waals surface area (Å²) in [5, 5.41) is 1.11. The Morgan fingerprint density at radius 1 is 1.32 bits per heavy atom. The second-order valence-electron chi connectivity index (χ2n) is 5.37. The lowest BCUT2D eigenvalue weighted by molar-refractivity contribution is 0.512. The molecule has 2 heterocycles. The van der Waals surface area contributed by atoms with Gasteiger partial charge >= 0.3 is 0 Å². The smallest absolute Gasteiger partial charge is 0.228 e. The molecule has 0 aliphatic carbocycles. The third-order valence-corrected chi connectivity index (χ3v) is 3.53. The number of nitrogens with zero attached hydrogens (tertiary/aromatic N) is 1. The Morgan fingerprint density at radius 2 is 2.11 bits per heavy atom. The Labute approximate surface area is 111 Å². The molecule has 19 heavy (non-hydrogen) atoms. The fraction of sp³-hybridized carbons (Fsp3) is 0.267.